The molecule has 0 unspecified atom stereocenters. The molecule has 0 fully saturated rings. The molecule has 3 nitrogen and oxygen atoms in total. The monoisotopic (exact) mass is 315 g/mol. The molecule has 2 aromatic rings. The van der Waals surface area contributed by atoms with E-state index in [4.69, 9.17) is 4.74 Å². The van der Waals surface area contributed by atoms with Crippen LogP contribution in [0, 0.1) is 0 Å². The van der Waals surface area contributed by atoms with E-state index in [1.807, 2.05) is 24.3 Å². The molecule has 0 saturated carbocycles. The molecule has 0 amide bonds. The summed E-state index contributed by atoms with van der Waals surface area (Å²) >= 11 is 3.37. The van der Waals surface area contributed by atoms with Crippen molar-refractivity contribution in [1.82, 2.24) is 4.98 Å². The number of aromatic nitrogens is 1. The molecule has 0 N–H and O–H groups in total. The van der Waals surface area contributed by atoms with Crippen molar-refractivity contribution in [2.75, 3.05) is 6.61 Å². The predicted octanol–water partition coefficient (Wildman–Crippen LogP) is 3.50. The summed E-state index contributed by atoms with van der Waals surface area (Å²) in [6.45, 7) is 0.294. The molecule has 0 saturated heterocycles. The van der Waals surface area contributed by atoms with Crippen LogP contribution in [0.25, 0.3) is 6.08 Å². The number of hydrogen-bond donors (Lipinski definition) is 0. The van der Waals surface area contributed by atoms with Crippen molar-refractivity contribution in [3.05, 3.63) is 63.9 Å². The molecule has 19 heavy (non-hydrogen) atoms. The smallest absolute Gasteiger partial charge is 0.196 e. The number of nitrogens with zero attached hydrogens (tertiary/aromatic N) is 1. The molecule has 1 aliphatic rings. The molecule has 0 bridgehead atoms. The van der Waals surface area contributed by atoms with Gasteiger partial charge in [-0.3, -0.25) is 9.78 Å². The molecule has 1 aromatic heterocycles. The maximum absolute atomic E-state index is 12.4. The number of carbonyl (C=O) groups is 1. The molecule has 94 valence electrons. The van der Waals surface area contributed by atoms with E-state index in [0.717, 1.165) is 10.0 Å². The van der Waals surface area contributed by atoms with Gasteiger partial charge in [-0.05, 0) is 35.9 Å². The van der Waals surface area contributed by atoms with Crippen LogP contribution in [-0.2, 0) is 0 Å². The Balaban J connectivity index is 2.00. The van der Waals surface area contributed by atoms with Crippen LogP contribution in [0.15, 0.2) is 52.8 Å². The second kappa shape index (κ2) is 4.97. The molecule has 1 aliphatic heterocycles. The lowest BCUT2D eigenvalue weighted by Crippen LogP contribution is -2.19. The molecule has 1 aromatic carbocycles. The number of Topliss-reactive ketones (excluding diaryl/α,β-unsaturated/α-hetero) is 1. The van der Waals surface area contributed by atoms with E-state index in [9.17, 15) is 4.79 Å². The van der Waals surface area contributed by atoms with Crippen LogP contribution in [0.2, 0.25) is 0 Å². The SMILES string of the molecule is O=C1C(=Cc2cccnc2)COc2ccc(Br)cc21. The number of benzene rings is 1. The van der Waals surface area contributed by atoms with E-state index in [1.165, 1.54) is 0 Å². The van der Waals surface area contributed by atoms with Gasteiger partial charge in [0.1, 0.15) is 12.4 Å². The van der Waals surface area contributed by atoms with Crippen molar-refractivity contribution in [2.45, 2.75) is 0 Å². The number of fused-ring (bicyclic) bond motifs is 1. The second-order valence-electron chi connectivity index (χ2n) is 4.21. The summed E-state index contributed by atoms with van der Waals surface area (Å²) in [7, 11) is 0. The largest absolute Gasteiger partial charge is 0.488 e. The number of carbonyl (C=O) groups excluding carboxylic acids is 1. The number of hydrogen-bond acceptors (Lipinski definition) is 3. The first-order valence-electron chi connectivity index (χ1n) is 5.82. The second-order valence-corrected chi connectivity index (χ2v) is 5.13. The summed E-state index contributed by atoms with van der Waals surface area (Å²) in [5, 5.41) is 0. The van der Waals surface area contributed by atoms with Gasteiger partial charge in [-0.15, -0.1) is 0 Å². The Bertz CT molecular complexity index is 665. The third-order valence-electron chi connectivity index (χ3n) is 2.89. The Labute approximate surface area is 119 Å². The highest BCUT2D eigenvalue weighted by Crippen LogP contribution is 2.30. The average molecular weight is 316 g/mol. The number of halogens is 1. The van der Waals surface area contributed by atoms with E-state index in [0.29, 0.717) is 23.5 Å². The minimum atomic E-state index is 0.00593. The third kappa shape index (κ3) is 2.44. The molecule has 2 heterocycles. The fourth-order valence-electron chi connectivity index (χ4n) is 1.97. The minimum Gasteiger partial charge on any atom is -0.488 e. The van der Waals surface area contributed by atoms with Crippen LogP contribution in [0.5, 0.6) is 5.75 Å². The number of ketones is 1. The summed E-state index contributed by atoms with van der Waals surface area (Å²) in [5.74, 6) is 0.642. The maximum atomic E-state index is 12.4. The lowest BCUT2D eigenvalue weighted by molar-refractivity contribution is 0.100. The summed E-state index contributed by atoms with van der Waals surface area (Å²) in [6.07, 6.45) is 5.24. The van der Waals surface area contributed by atoms with E-state index >= 15 is 0 Å². The first-order valence-corrected chi connectivity index (χ1v) is 6.61. The van der Waals surface area contributed by atoms with E-state index < -0.39 is 0 Å². The van der Waals surface area contributed by atoms with Gasteiger partial charge in [-0.1, -0.05) is 22.0 Å². The Kier molecular flexibility index (Phi) is 3.17. The van der Waals surface area contributed by atoms with Gasteiger partial charge < -0.3 is 4.74 Å². The normalized spacial score (nSPS) is 16.1. The molecule has 0 spiro atoms. The van der Waals surface area contributed by atoms with Crippen molar-refractivity contribution in [3.63, 3.8) is 0 Å². The van der Waals surface area contributed by atoms with Crippen molar-refractivity contribution in [3.8, 4) is 5.75 Å². The zero-order valence-electron chi connectivity index (χ0n) is 9.97. The van der Waals surface area contributed by atoms with E-state index in [1.54, 1.807) is 24.5 Å². The van der Waals surface area contributed by atoms with Gasteiger partial charge in [-0.2, -0.15) is 0 Å². The van der Waals surface area contributed by atoms with Crippen LogP contribution in [0.1, 0.15) is 15.9 Å². The van der Waals surface area contributed by atoms with Crippen molar-refractivity contribution < 1.29 is 9.53 Å². The first kappa shape index (κ1) is 12.1. The average Bonchev–Trinajstić information content (AvgIpc) is 2.44. The highest BCUT2D eigenvalue weighted by Gasteiger charge is 2.23. The quantitative estimate of drug-likeness (QED) is 0.756. The van der Waals surface area contributed by atoms with Crippen LogP contribution in [0.4, 0.5) is 0 Å². The maximum Gasteiger partial charge on any atom is 0.196 e. The highest BCUT2D eigenvalue weighted by molar-refractivity contribution is 9.10. The van der Waals surface area contributed by atoms with Gasteiger partial charge >= 0.3 is 0 Å². The Morgan fingerprint density at radius 3 is 3.00 bits per heavy atom. The molecular weight excluding hydrogens is 306 g/mol. The Morgan fingerprint density at radius 2 is 2.21 bits per heavy atom. The lowest BCUT2D eigenvalue weighted by atomic mass is 9.99. The third-order valence-corrected chi connectivity index (χ3v) is 3.38. The van der Waals surface area contributed by atoms with Gasteiger partial charge in [0.05, 0.1) is 5.56 Å². The topological polar surface area (TPSA) is 39.2 Å². The molecule has 0 radical (unpaired) electrons. The summed E-state index contributed by atoms with van der Waals surface area (Å²) in [4.78, 5) is 16.4. The molecular formula is C15H10BrNO2. The van der Waals surface area contributed by atoms with E-state index in [-0.39, 0.29) is 5.78 Å². The van der Waals surface area contributed by atoms with Gasteiger partial charge in [0.15, 0.2) is 5.78 Å². The van der Waals surface area contributed by atoms with Crippen LogP contribution >= 0.6 is 15.9 Å². The lowest BCUT2D eigenvalue weighted by Gasteiger charge is -2.18. The number of ether oxygens (including phenoxy) is 1. The van der Waals surface area contributed by atoms with Crippen LogP contribution in [0.3, 0.4) is 0 Å². The van der Waals surface area contributed by atoms with Gasteiger partial charge in [-0.25, -0.2) is 0 Å². The van der Waals surface area contributed by atoms with Crippen molar-refractivity contribution in [2.24, 2.45) is 0 Å². The standard InChI is InChI=1S/C15H10BrNO2/c16-12-3-4-14-13(7-12)15(18)11(9-19-14)6-10-2-1-5-17-8-10/h1-8H,9H2. The Morgan fingerprint density at radius 1 is 1.32 bits per heavy atom. The summed E-state index contributed by atoms with van der Waals surface area (Å²) in [5.41, 5.74) is 2.13. The fourth-order valence-corrected chi connectivity index (χ4v) is 2.33. The molecule has 0 atom stereocenters. The molecule has 4 heteroatoms. The zero-order valence-corrected chi connectivity index (χ0v) is 11.6. The van der Waals surface area contributed by atoms with Gasteiger partial charge in [0.2, 0.25) is 0 Å². The summed E-state index contributed by atoms with van der Waals surface area (Å²) < 4.78 is 6.47. The van der Waals surface area contributed by atoms with E-state index in [2.05, 4.69) is 20.9 Å². The number of pyridine rings is 1. The zero-order chi connectivity index (χ0) is 13.2. The molecule has 3 rings (SSSR count). The number of rotatable bonds is 1. The van der Waals surface area contributed by atoms with Gasteiger partial charge in [0, 0.05) is 22.4 Å². The first-order chi connectivity index (χ1) is 9.24. The van der Waals surface area contributed by atoms with Crippen molar-refractivity contribution in [1.29, 1.82) is 0 Å². The van der Waals surface area contributed by atoms with Crippen LogP contribution < -0.4 is 4.74 Å². The van der Waals surface area contributed by atoms with Crippen molar-refractivity contribution >= 4 is 27.8 Å². The van der Waals surface area contributed by atoms with Crippen LogP contribution in [-0.4, -0.2) is 17.4 Å². The predicted molar refractivity (Wildman–Crippen MR) is 76.2 cm³/mol. The Hall–Kier alpha value is -1.94. The summed E-state index contributed by atoms with van der Waals surface area (Å²) in [6, 6.07) is 9.20. The fraction of sp³-hybridized carbons (Fsp3) is 0.0667. The minimum absolute atomic E-state index is 0.00593. The highest BCUT2D eigenvalue weighted by atomic mass is 79.9. The van der Waals surface area contributed by atoms with Gasteiger partial charge in [0.25, 0.3) is 0 Å². The molecule has 0 aliphatic carbocycles.